The van der Waals surface area contributed by atoms with Crippen LogP contribution in [0.4, 0.5) is 0 Å². The fraction of sp³-hybridized carbons (Fsp3) is 0.462. The van der Waals surface area contributed by atoms with Gasteiger partial charge >= 0.3 is 0 Å². The fourth-order valence-corrected chi connectivity index (χ4v) is 3.04. The summed E-state index contributed by atoms with van der Waals surface area (Å²) in [6.45, 7) is 4.09. The van der Waals surface area contributed by atoms with E-state index in [1.54, 1.807) is 0 Å². The number of nitriles is 1. The van der Waals surface area contributed by atoms with Gasteiger partial charge in [-0.1, -0.05) is 44.2 Å². The zero-order chi connectivity index (χ0) is 12.0. The van der Waals surface area contributed by atoms with Gasteiger partial charge in [0.25, 0.3) is 0 Å². The Bertz CT molecular complexity index is 381. The largest absolute Gasteiger partial charge is 0.260 e. The van der Waals surface area contributed by atoms with E-state index < -0.39 is 10.8 Å². The minimum atomic E-state index is -0.903. The molecule has 0 aliphatic carbocycles. The molecule has 2 unspecified atom stereocenters. The molecule has 0 saturated heterocycles. The standard InChI is InChI=1S/C13H17NOS/c1-11(2)9-16(15)10-13(8-14)12-6-4-3-5-7-12/h3-7,11,13H,9-10H2,1-2H3. The van der Waals surface area contributed by atoms with Crippen molar-refractivity contribution in [2.75, 3.05) is 11.5 Å². The summed E-state index contributed by atoms with van der Waals surface area (Å²) in [4.78, 5) is 0. The Hall–Kier alpha value is -1.14. The maximum atomic E-state index is 11.8. The van der Waals surface area contributed by atoms with E-state index in [0.29, 0.717) is 17.4 Å². The minimum absolute atomic E-state index is 0.249. The highest BCUT2D eigenvalue weighted by atomic mass is 32.2. The predicted octanol–water partition coefficient (Wildman–Crippen LogP) is 2.70. The smallest absolute Gasteiger partial charge is 0.0827 e. The highest BCUT2D eigenvalue weighted by Gasteiger charge is 2.14. The van der Waals surface area contributed by atoms with Crippen LogP contribution >= 0.6 is 0 Å². The molecule has 0 aliphatic heterocycles. The van der Waals surface area contributed by atoms with E-state index in [4.69, 9.17) is 5.26 Å². The summed E-state index contributed by atoms with van der Waals surface area (Å²) in [7, 11) is -0.903. The lowest BCUT2D eigenvalue weighted by molar-refractivity contribution is 0.662. The Morgan fingerprint density at radius 2 is 1.88 bits per heavy atom. The molecule has 0 spiro atoms. The molecule has 0 N–H and O–H groups in total. The van der Waals surface area contributed by atoms with Gasteiger partial charge in [-0.15, -0.1) is 0 Å². The predicted molar refractivity (Wildman–Crippen MR) is 67.5 cm³/mol. The van der Waals surface area contributed by atoms with Crippen molar-refractivity contribution in [3.05, 3.63) is 35.9 Å². The molecule has 0 saturated carbocycles. The number of benzene rings is 1. The highest BCUT2D eigenvalue weighted by molar-refractivity contribution is 7.85. The lowest BCUT2D eigenvalue weighted by Crippen LogP contribution is -2.13. The average molecular weight is 235 g/mol. The first-order valence-electron chi connectivity index (χ1n) is 5.43. The lowest BCUT2D eigenvalue weighted by Gasteiger charge is -2.10. The SMILES string of the molecule is CC(C)CS(=O)CC(C#N)c1ccccc1. The normalized spacial score (nSPS) is 14.4. The molecule has 1 aromatic rings. The van der Waals surface area contributed by atoms with Crippen LogP contribution in [0.3, 0.4) is 0 Å². The molecule has 0 heterocycles. The van der Waals surface area contributed by atoms with E-state index in [1.807, 2.05) is 44.2 Å². The highest BCUT2D eigenvalue weighted by Crippen LogP contribution is 2.16. The van der Waals surface area contributed by atoms with Gasteiger partial charge in [-0.2, -0.15) is 5.26 Å². The van der Waals surface area contributed by atoms with Gasteiger partial charge in [0.1, 0.15) is 0 Å². The number of hydrogen-bond acceptors (Lipinski definition) is 2. The molecule has 16 heavy (non-hydrogen) atoms. The number of hydrogen-bond donors (Lipinski definition) is 0. The van der Waals surface area contributed by atoms with Crippen molar-refractivity contribution in [2.45, 2.75) is 19.8 Å². The molecule has 0 aromatic heterocycles. The van der Waals surface area contributed by atoms with Crippen LogP contribution in [0, 0.1) is 17.2 Å². The number of rotatable bonds is 5. The Morgan fingerprint density at radius 3 is 2.38 bits per heavy atom. The van der Waals surface area contributed by atoms with E-state index >= 15 is 0 Å². The zero-order valence-electron chi connectivity index (χ0n) is 9.72. The van der Waals surface area contributed by atoms with Crippen LogP contribution in [0.5, 0.6) is 0 Å². The van der Waals surface area contributed by atoms with Crippen LogP contribution in [-0.2, 0) is 10.8 Å². The van der Waals surface area contributed by atoms with Gasteiger partial charge in [-0.3, -0.25) is 4.21 Å². The quantitative estimate of drug-likeness (QED) is 0.787. The summed E-state index contributed by atoms with van der Waals surface area (Å²) in [5.41, 5.74) is 0.960. The first-order valence-corrected chi connectivity index (χ1v) is 6.91. The van der Waals surface area contributed by atoms with Gasteiger partial charge in [0.05, 0.1) is 12.0 Å². The first-order chi connectivity index (χ1) is 7.63. The maximum Gasteiger partial charge on any atom is 0.0827 e. The summed E-state index contributed by atoms with van der Waals surface area (Å²) in [5, 5.41) is 9.08. The van der Waals surface area contributed by atoms with Gasteiger partial charge in [0.2, 0.25) is 0 Å². The van der Waals surface area contributed by atoms with Crippen LogP contribution in [0.2, 0.25) is 0 Å². The van der Waals surface area contributed by atoms with Crippen molar-refractivity contribution < 1.29 is 4.21 Å². The van der Waals surface area contributed by atoms with E-state index in [9.17, 15) is 4.21 Å². The van der Waals surface area contributed by atoms with Crippen LogP contribution < -0.4 is 0 Å². The second kappa shape index (κ2) is 6.44. The molecule has 0 fully saturated rings. The third-order valence-corrected chi connectivity index (χ3v) is 3.97. The molecule has 1 rings (SSSR count). The van der Waals surface area contributed by atoms with E-state index in [2.05, 4.69) is 6.07 Å². The van der Waals surface area contributed by atoms with Gasteiger partial charge in [-0.25, -0.2) is 0 Å². The summed E-state index contributed by atoms with van der Waals surface area (Å²) in [6.07, 6.45) is 0. The average Bonchev–Trinajstić information content (AvgIpc) is 2.26. The Kier molecular flexibility index (Phi) is 5.21. The molecular formula is C13H17NOS. The molecular weight excluding hydrogens is 218 g/mol. The Balaban J connectivity index is 2.64. The third-order valence-electron chi connectivity index (χ3n) is 2.23. The number of nitrogens with zero attached hydrogens (tertiary/aromatic N) is 1. The molecule has 0 bridgehead atoms. The first kappa shape index (κ1) is 12.9. The summed E-state index contributed by atoms with van der Waals surface area (Å²) in [5.74, 6) is 1.28. The van der Waals surface area contributed by atoms with Gasteiger partial charge in [0.15, 0.2) is 0 Å². The summed E-state index contributed by atoms with van der Waals surface area (Å²) < 4.78 is 11.8. The molecule has 0 amide bonds. The molecule has 2 nitrogen and oxygen atoms in total. The Labute approximate surface area is 99.8 Å². The molecule has 1 aromatic carbocycles. The zero-order valence-corrected chi connectivity index (χ0v) is 10.5. The van der Waals surface area contributed by atoms with Crippen molar-refractivity contribution in [3.63, 3.8) is 0 Å². The van der Waals surface area contributed by atoms with Crippen LogP contribution in [0.1, 0.15) is 25.3 Å². The van der Waals surface area contributed by atoms with Gasteiger partial charge < -0.3 is 0 Å². The molecule has 3 heteroatoms. The van der Waals surface area contributed by atoms with Gasteiger partial charge in [-0.05, 0) is 11.5 Å². The minimum Gasteiger partial charge on any atom is -0.260 e. The third kappa shape index (κ3) is 4.16. The van der Waals surface area contributed by atoms with Crippen molar-refractivity contribution >= 4 is 10.8 Å². The van der Waals surface area contributed by atoms with E-state index in [1.165, 1.54) is 0 Å². The summed E-state index contributed by atoms with van der Waals surface area (Å²) in [6, 6.07) is 11.8. The summed E-state index contributed by atoms with van der Waals surface area (Å²) >= 11 is 0. The van der Waals surface area contributed by atoms with Crippen molar-refractivity contribution in [2.24, 2.45) is 5.92 Å². The lowest BCUT2D eigenvalue weighted by atomic mass is 10.0. The van der Waals surface area contributed by atoms with Crippen molar-refractivity contribution in [1.82, 2.24) is 0 Å². The van der Waals surface area contributed by atoms with Crippen molar-refractivity contribution in [1.29, 1.82) is 5.26 Å². The Morgan fingerprint density at radius 1 is 1.25 bits per heavy atom. The fourth-order valence-electron chi connectivity index (χ4n) is 1.52. The van der Waals surface area contributed by atoms with Crippen molar-refractivity contribution in [3.8, 4) is 6.07 Å². The second-order valence-corrected chi connectivity index (χ2v) is 5.81. The molecule has 2 atom stereocenters. The topological polar surface area (TPSA) is 40.9 Å². The van der Waals surface area contributed by atoms with E-state index in [0.717, 1.165) is 5.56 Å². The van der Waals surface area contributed by atoms with Crippen LogP contribution in [0.25, 0.3) is 0 Å². The molecule has 0 radical (unpaired) electrons. The monoisotopic (exact) mass is 235 g/mol. The maximum absolute atomic E-state index is 11.8. The second-order valence-electron chi connectivity index (χ2n) is 4.26. The van der Waals surface area contributed by atoms with Gasteiger partial charge in [0, 0.05) is 22.3 Å². The van der Waals surface area contributed by atoms with E-state index in [-0.39, 0.29) is 5.92 Å². The van der Waals surface area contributed by atoms with Crippen LogP contribution in [-0.4, -0.2) is 15.7 Å². The van der Waals surface area contributed by atoms with Crippen LogP contribution in [0.15, 0.2) is 30.3 Å². The molecule has 0 aliphatic rings. The molecule has 86 valence electrons.